The van der Waals surface area contributed by atoms with Gasteiger partial charge in [-0.3, -0.25) is 9.32 Å². The number of aromatic nitrogens is 6. The number of para-hydroxylation sites is 1. The summed E-state index contributed by atoms with van der Waals surface area (Å²) in [5.74, 6) is -3.28. The van der Waals surface area contributed by atoms with E-state index in [4.69, 9.17) is 27.1 Å². The van der Waals surface area contributed by atoms with Crippen LogP contribution in [0.1, 0.15) is 28.3 Å². The molecule has 1 amide bonds. The van der Waals surface area contributed by atoms with E-state index in [2.05, 4.69) is 19.7 Å². The average Bonchev–Trinajstić information content (AvgIpc) is 3.48. The van der Waals surface area contributed by atoms with E-state index in [1.165, 1.54) is 30.3 Å². The first-order valence-corrected chi connectivity index (χ1v) is 13.4. The van der Waals surface area contributed by atoms with E-state index in [1.807, 2.05) is 0 Å². The predicted octanol–water partition coefficient (Wildman–Crippen LogP) is 3.32. The molecule has 2 atom stereocenters. The molecule has 2 heterocycles. The van der Waals surface area contributed by atoms with Gasteiger partial charge in [-0.05, 0) is 36.4 Å². The topological polar surface area (TPSA) is 180 Å². The van der Waals surface area contributed by atoms with E-state index in [9.17, 15) is 36.1 Å². The maximum atomic E-state index is 15.5. The third kappa shape index (κ3) is 6.97. The minimum atomic E-state index is -5.69. The highest BCUT2D eigenvalue weighted by atomic mass is 35.5. The minimum absolute atomic E-state index is 0.0146. The van der Waals surface area contributed by atoms with Crippen molar-refractivity contribution in [2.75, 3.05) is 0 Å². The van der Waals surface area contributed by atoms with Gasteiger partial charge in [0.05, 0.1) is 11.3 Å². The number of benzene rings is 2. The zero-order valence-corrected chi connectivity index (χ0v) is 22.6. The average molecular weight is 656 g/mol. The Hall–Kier alpha value is -4.03. The monoisotopic (exact) mass is 655 g/mol. The first-order valence-electron chi connectivity index (χ1n) is 11.5. The van der Waals surface area contributed by atoms with Gasteiger partial charge in [-0.2, -0.15) is 13.2 Å². The summed E-state index contributed by atoms with van der Waals surface area (Å²) in [5, 5.41) is 7.89. The summed E-state index contributed by atoms with van der Waals surface area (Å²) >= 11 is 5.84. The molecule has 2 unspecified atom stereocenters. The fourth-order valence-corrected chi connectivity index (χ4v) is 4.48. The second-order valence-corrected chi connectivity index (χ2v) is 10.2. The molecule has 21 heteroatoms. The van der Waals surface area contributed by atoms with Crippen molar-refractivity contribution in [2.45, 2.75) is 31.5 Å². The van der Waals surface area contributed by atoms with Gasteiger partial charge in [-0.25, -0.2) is 41.4 Å². The highest BCUT2D eigenvalue weighted by Crippen LogP contribution is 2.42. The van der Waals surface area contributed by atoms with Crippen molar-refractivity contribution in [3.05, 3.63) is 81.3 Å². The van der Waals surface area contributed by atoms with Crippen LogP contribution < -0.4 is 11.4 Å². The fourth-order valence-electron chi connectivity index (χ4n) is 3.84. The normalized spacial score (nSPS) is 13.8. The molecule has 0 aliphatic carbocycles. The van der Waals surface area contributed by atoms with Crippen LogP contribution in [0.3, 0.4) is 0 Å². The van der Waals surface area contributed by atoms with Crippen LogP contribution in [0.5, 0.6) is 0 Å². The van der Waals surface area contributed by atoms with Gasteiger partial charge in [0.1, 0.15) is 6.54 Å². The SMILES string of the molecule is NC(=O)c1nc(Cn2nc(-c3ccc(Cl)cc3)n(C(F)C(OP(=O)(O)O)C(F)F)c2=O)nn1-c1ccccc1C(F)(F)F. The van der Waals surface area contributed by atoms with Crippen LogP contribution in [0.15, 0.2) is 53.3 Å². The van der Waals surface area contributed by atoms with E-state index < -0.39 is 79.7 Å². The zero-order valence-electron chi connectivity index (χ0n) is 20.9. The molecule has 43 heavy (non-hydrogen) atoms. The molecular weight excluding hydrogens is 639 g/mol. The van der Waals surface area contributed by atoms with Crippen molar-refractivity contribution < 1.29 is 50.0 Å². The van der Waals surface area contributed by atoms with Crippen molar-refractivity contribution in [1.29, 1.82) is 0 Å². The third-order valence-corrected chi connectivity index (χ3v) is 6.37. The molecule has 0 spiro atoms. The molecule has 0 bridgehead atoms. The summed E-state index contributed by atoms with van der Waals surface area (Å²) in [6.07, 6.45) is -15.1. The van der Waals surface area contributed by atoms with Crippen LogP contribution in [-0.4, -0.2) is 57.3 Å². The number of halogens is 7. The lowest BCUT2D eigenvalue weighted by molar-refractivity contribution is -0.137. The van der Waals surface area contributed by atoms with Crippen LogP contribution in [0, 0.1) is 0 Å². The minimum Gasteiger partial charge on any atom is -0.363 e. The Balaban J connectivity index is 1.85. The number of nitrogens with two attached hydrogens (primary N) is 1. The molecule has 230 valence electrons. The van der Waals surface area contributed by atoms with Gasteiger partial charge in [0, 0.05) is 10.6 Å². The first kappa shape index (κ1) is 31.9. The number of rotatable bonds is 10. The molecule has 0 radical (unpaired) electrons. The molecule has 0 saturated carbocycles. The molecule has 4 aromatic rings. The molecule has 13 nitrogen and oxygen atoms in total. The third-order valence-electron chi connectivity index (χ3n) is 5.60. The van der Waals surface area contributed by atoms with Crippen molar-refractivity contribution in [1.82, 2.24) is 29.1 Å². The number of nitrogens with zero attached hydrogens (tertiary/aromatic N) is 6. The van der Waals surface area contributed by atoms with E-state index in [-0.39, 0.29) is 15.2 Å². The number of carbonyl (C=O) groups is 1. The van der Waals surface area contributed by atoms with Gasteiger partial charge < -0.3 is 15.5 Å². The van der Waals surface area contributed by atoms with Crippen molar-refractivity contribution in [3.63, 3.8) is 0 Å². The first-order chi connectivity index (χ1) is 20.0. The quantitative estimate of drug-likeness (QED) is 0.171. The van der Waals surface area contributed by atoms with Gasteiger partial charge in [0.2, 0.25) is 12.1 Å². The molecule has 2 aromatic heterocycles. The Morgan fingerprint density at radius 1 is 1.07 bits per heavy atom. The number of hydrogen-bond donors (Lipinski definition) is 3. The molecule has 0 aliphatic heterocycles. The number of phosphoric ester groups is 1. The molecule has 0 aliphatic rings. The summed E-state index contributed by atoms with van der Waals surface area (Å²) in [7, 11) is -5.69. The molecular formula is C22H17ClF6N7O6P. The van der Waals surface area contributed by atoms with E-state index in [1.54, 1.807) is 0 Å². The predicted molar refractivity (Wildman–Crippen MR) is 134 cm³/mol. The van der Waals surface area contributed by atoms with Crippen LogP contribution in [0.4, 0.5) is 26.3 Å². The second-order valence-electron chi connectivity index (χ2n) is 8.55. The fraction of sp³-hybridized carbons (Fsp3) is 0.227. The Morgan fingerprint density at radius 3 is 2.26 bits per heavy atom. The number of carbonyl (C=O) groups excluding carboxylic acids is 1. The summed E-state index contributed by atoms with van der Waals surface area (Å²) in [4.78, 5) is 47.0. The van der Waals surface area contributed by atoms with Gasteiger partial charge >= 0.3 is 19.7 Å². The smallest absolute Gasteiger partial charge is 0.363 e. The lowest BCUT2D eigenvalue weighted by atomic mass is 10.1. The van der Waals surface area contributed by atoms with Crippen molar-refractivity contribution in [3.8, 4) is 17.1 Å². The van der Waals surface area contributed by atoms with Crippen LogP contribution >= 0.6 is 19.4 Å². The van der Waals surface area contributed by atoms with Gasteiger partial charge in [0.25, 0.3) is 12.3 Å². The van der Waals surface area contributed by atoms with E-state index in [0.29, 0.717) is 15.4 Å². The van der Waals surface area contributed by atoms with E-state index >= 15 is 4.39 Å². The number of hydrogen-bond acceptors (Lipinski definition) is 7. The Morgan fingerprint density at radius 2 is 1.70 bits per heavy atom. The van der Waals surface area contributed by atoms with Gasteiger partial charge in [0.15, 0.2) is 17.8 Å². The molecule has 2 aromatic carbocycles. The van der Waals surface area contributed by atoms with Crippen LogP contribution in [-0.2, 0) is 21.8 Å². The Labute approximate surface area is 240 Å². The lowest BCUT2D eigenvalue weighted by Gasteiger charge is -2.22. The largest absolute Gasteiger partial charge is 0.470 e. The number of phosphoric acid groups is 1. The maximum absolute atomic E-state index is 15.5. The number of alkyl halides is 6. The van der Waals surface area contributed by atoms with Crippen molar-refractivity contribution in [2.24, 2.45) is 5.73 Å². The molecule has 4 rings (SSSR count). The zero-order chi connectivity index (χ0) is 31.9. The summed E-state index contributed by atoms with van der Waals surface area (Å²) in [5.41, 5.74) is 1.83. The highest BCUT2D eigenvalue weighted by Gasteiger charge is 2.41. The number of amides is 1. The molecule has 0 fully saturated rings. The second kappa shape index (κ2) is 11.9. The summed E-state index contributed by atoms with van der Waals surface area (Å²) in [6.45, 7) is -0.862. The van der Waals surface area contributed by atoms with Crippen LogP contribution in [0.2, 0.25) is 5.02 Å². The number of primary amides is 1. The standard InChI is InChI=1S/C22H17ClF6N7O6P/c23-11-7-5-10(6-8-11)19-33-34(21(38)35(19)17(26)15(16(24)25)42-43(39,40)41)9-14-31-20(18(30)37)36(32-14)13-4-2-1-3-12(13)22(27,28)29/h1-8,15-17H,9H2,(H2,30,37)(H2,39,40,41). The summed E-state index contributed by atoms with van der Waals surface area (Å²) < 4.78 is 99.6. The molecule has 4 N–H and O–H groups in total. The van der Waals surface area contributed by atoms with E-state index in [0.717, 1.165) is 12.1 Å². The highest BCUT2D eigenvalue weighted by molar-refractivity contribution is 7.46. The maximum Gasteiger partial charge on any atom is 0.470 e. The van der Waals surface area contributed by atoms with Crippen LogP contribution in [0.25, 0.3) is 17.1 Å². The Bertz CT molecular complexity index is 1750. The summed E-state index contributed by atoms with van der Waals surface area (Å²) in [6, 6.07) is 8.93. The van der Waals surface area contributed by atoms with Gasteiger partial charge in [-0.15, -0.1) is 10.2 Å². The van der Waals surface area contributed by atoms with Gasteiger partial charge in [-0.1, -0.05) is 23.7 Å². The Kier molecular flexibility index (Phi) is 8.85. The van der Waals surface area contributed by atoms with Crippen molar-refractivity contribution >= 4 is 25.3 Å². The lowest BCUT2D eigenvalue weighted by Crippen LogP contribution is -2.36. The molecule has 0 saturated heterocycles.